The van der Waals surface area contributed by atoms with Gasteiger partial charge in [0, 0.05) is 11.6 Å². The molecule has 0 spiro atoms. The molecule has 0 aliphatic carbocycles. The summed E-state index contributed by atoms with van der Waals surface area (Å²) in [5.41, 5.74) is 6.01. The number of ether oxygens (including phenoxy) is 3. The molecule has 2 aromatic rings. The summed E-state index contributed by atoms with van der Waals surface area (Å²) in [6.45, 7) is -0.505. The molecule has 1 aromatic heterocycles. The molecule has 2 rings (SSSR count). The fourth-order valence-corrected chi connectivity index (χ4v) is 2.88. The van der Waals surface area contributed by atoms with Gasteiger partial charge in [-0.25, -0.2) is 4.79 Å². The first-order chi connectivity index (χ1) is 12.9. The average Bonchev–Trinajstić information content (AvgIpc) is 3.12. The standard InChI is InChI=1S/C18H18N2O6S/c1-24-12-4-5-14(25-2)11(9-12)3-6-16(22)26-10-15(21)20-18-13(17(19)23)7-8-27-18/h3-9H,10H2,1-2H3,(H2,19,23)(H,20,21)/b6-3+. The highest BCUT2D eigenvalue weighted by Gasteiger charge is 2.13. The highest BCUT2D eigenvalue weighted by atomic mass is 32.1. The van der Waals surface area contributed by atoms with Gasteiger partial charge in [-0.3, -0.25) is 9.59 Å². The third kappa shape index (κ3) is 5.58. The van der Waals surface area contributed by atoms with Crippen LogP contribution in [0.25, 0.3) is 6.08 Å². The Labute approximate surface area is 159 Å². The predicted octanol–water partition coefficient (Wildman–Crippen LogP) is 2.06. The van der Waals surface area contributed by atoms with Crippen LogP contribution in [0.5, 0.6) is 11.5 Å². The summed E-state index contributed by atoms with van der Waals surface area (Å²) in [7, 11) is 3.03. The molecule has 27 heavy (non-hydrogen) atoms. The molecule has 142 valence electrons. The van der Waals surface area contributed by atoms with E-state index in [9.17, 15) is 14.4 Å². The molecule has 1 heterocycles. The molecule has 0 fully saturated rings. The van der Waals surface area contributed by atoms with Crippen LogP contribution in [0, 0.1) is 0 Å². The Bertz CT molecular complexity index is 874. The van der Waals surface area contributed by atoms with Crippen LogP contribution < -0.4 is 20.5 Å². The van der Waals surface area contributed by atoms with E-state index in [1.807, 2.05) is 0 Å². The van der Waals surface area contributed by atoms with Gasteiger partial charge < -0.3 is 25.3 Å². The third-order valence-corrected chi connectivity index (χ3v) is 4.19. The number of methoxy groups -OCH3 is 2. The number of carbonyl (C=O) groups excluding carboxylic acids is 3. The Morgan fingerprint density at radius 3 is 2.63 bits per heavy atom. The van der Waals surface area contributed by atoms with Crippen LogP contribution in [0.4, 0.5) is 5.00 Å². The normalized spacial score (nSPS) is 10.4. The van der Waals surface area contributed by atoms with E-state index < -0.39 is 24.4 Å². The number of rotatable bonds is 8. The fraction of sp³-hybridized carbons (Fsp3) is 0.167. The van der Waals surface area contributed by atoms with Gasteiger partial charge in [-0.1, -0.05) is 0 Å². The smallest absolute Gasteiger partial charge is 0.331 e. The minimum atomic E-state index is -0.712. The van der Waals surface area contributed by atoms with Gasteiger partial charge in [0.1, 0.15) is 16.5 Å². The maximum atomic E-state index is 11.9. The zero-order chi connectivity index (χ0) is 19.8. The summed E-state index contributed by atoms with van der Waals surface area (Å²) in [5.74, 6) is -0.797. The third-order valence-electron chi connectivity index (χ3n) is 3.37. The molecule has 1 aromatic carbocycles. The van der Waals surface area contributed by atoms with E-state index >= 15 is 0 Å². The lowest BCUT2D eigenvalue weighted by Crippen LogP contribution is -2.21. The van der Waals surface area contributed by atoms with Gasteiger partial charge in [0.25, 0.3) is 11.8 Å². The Balaban J connectivity index is 1.92. The lowest BCUT2D eigenvalue weighted by molar-refractivity contribution is -0.142. The number of nitrogens with two attached hydrogens (primary N) is 1. The van der Waals surface area contributed by atoms with Crippen LogP contribution in [0.15, 0.2) is 35.7 Å². The second-order valence-electron chi connectivity index (χ2n) is 5.12. The van der Waals surface area contributed by atoms with Gasteiger partial charge in [-0.05, 0) is 35.7 Å². The van der Waals surface area contributed by atoms with Crippen molar-refractivity contribution in [1.82, 2.24) is 0 Å². The molecule has 0 aliphatic rings. The zero-order valence-corrected chi connectivity index (χ0v) is 15.5. The summed E-state index contributed by atoms with van der Waals surface area (Å²) in [6, 6.07) is 6.62. The Hall–Kier alpha value is -3.33. The monoisotopic (exact) mass is 390 g/mol. The molecule has 0 unspecified atom stereocenters. The van der Waals surface area contributed by atoms with Crippen LogP contribution in [0.1, 0.15) is 15.9 Å². The van der Waals surface area contributed by atoms with E-state index in [1.54, 1.807) is 23.6 Å². The maximum absolute atomic E-state index is 11.9. The summed E-state index contributed by atoms with van der Waals surface area (Å²) in [6.07, 6.45) is 2.66. The number of hydrogen-bond acceptors (Lipinski definition) is 7. The molecule has 2 amide bonds. The molecule has 3 N–H and O–H groups in total. The molecular formula is C18H18N2O6S. The minimum absolute atomic E-state index is 0.199. The number of carbonyl (C=O) groups is 3. The summed E-state index contributed by atoms with van der Waals surface area (Å²) < 4.78 is 15.2. The van der Waals surface area contributed by atoms with Crippen molar-refractivity contribution in [3.63, 3.8) is 0 Å². The second-order valence-corrected chi connectivity index (χ2v) is 6.04. The van der Waals surface area contributed by atoms with Crippen LogP contribution in [-0.4, -0.2) is 38.6 Å². The number of nitrogens with one attached hydrogen (secondary N) is 1. The Morgan fingerprint density at radius 1 is 1.19 bits per heavy atom. The first-order valence-corrected chi connectivity index (χ1v) is 8.56. The zero-order valence-electron chi connectivity index (χ0n) is 14.7. The van der Waals surface area contributed by atoms with Crippen molar-refractivity contribution in [2.45, 2.75) is 0 Å². The second kappa shape index (κ2) is 9.39. The minimum Gasteiger partial charge on any atom is -0.497 e. The van der Waals surface area contributed by atoms with Gasteiger partial charge in [-0.2, -0.15) is 0 Å². The van der Waals surface area contributed by atoms with E-state index in [0.29, 0.717) is 22.1 Å². The van der Waals surface area contributed by atoms with Crippen molar-refractivity contribution < 1.29 is 28.6 Å². The number of anilines is 1. The lowest BCUT2D eigenvalue weighted by Gasteiger charge is -2.07. The Kier molecular flexibility index (Phi) is 6.95. The van der Waals surface area contributed by atoms with Crippen LogP contribution in [0.2, 0.25) is 0 Å². The topological polar surface area (TPSA) is 117 Å². The molecule has 0 radical (unpaired) electrons. The number of esters is 1. The van der Waals surface area contributed by atoms with Crippen molar-refractivity contribution in [2.24, 2.45) is 5.73 Å². The molecular weight excluding hydrogens is 372 g/mol. The lowest BCUT2D eigenvalue weighted by atomic mass is 10.1. The number of primary amides is 1. The summed E-state index contributed by atoms with van der Waals surface area (Å²) in [4.78, 5) is 34.9. The molecule has 0 bridgehead atoms. The quantitative estimate of drug-likeness (QED) is 0.526. The van der Waals surface area contributed by atoms with Crippen molar-refractivity contribution in [3.8, 4) is 11.5 Å². The Morgan fingerprint density at radius 2 is 1.96 bits per heavy atom. The van der Waals surface area contributed by atoms with Gasteiger partial charge >= 0.3 is 5.97 Å². The maximum Gasteiger partial charge on any atom is 0.331 e. The number of thiophene rings is 1. The largest absolute Gasteiger partial charge is 0.497 e. The van der Waals surface area contributed by atoms with Crippen LogP contribution in [-0.2, 0) is 14.3 Å². The van der Waals surface area contributed by atoms with E-state index in [1.165, 1.54) is 32.4 Å². The first kappa shape index (κ1) is 20.0. The van der Waals surface area contributed by atoms with E-state index in [0.717, 1.165) is 11.3 Å². The van der Waals surface area contributed by atoms with Crippen molar-refractivity contribution >= 4 is 40.2 Å². The summed E-state index contributed by atoms with van der Waals surface area (Å²) >= 11 is 1.14. The van der Waals surface area contributed by atoms with Gasteiger partial charge in [0.2, 0.25) is 0 Å². The molecule has 0 saturated heterocycles. The predicted molar refractivity (Wildman–Crippen MR) is 101 cm³/mol. The SMILES string of the molecule is COc1ccc(OC)c(/C=C/C(=O)OCC(=O)Nc2sccc2C(N)=O)c1. The van der Waals surface area contributed by atoms with Gasteiger partial charge in [0.15, 0.2) is 6.61 Å². The van der Waals surface area contributed by atoms with E-state index in [2.05, 4.69) is 5.32 Å². The molecule has 0 aliphatic heterocycles. The highest BCUT2D eigenvalue weighted by molar-refractivity contribution is 7.14. The van der Waals surface area contributed by atoms with Crippen molar-refractivity contribution in [3.05, 3.63) is 46.8 Å². The van der Waals surface area contributed by atoms with E-state index in [-0.39, 0.29) is 5.56 Å². The molecule has 0 saturated carbocycles. The molecule has 9 heteroatoms. The van der Waals surface area contributed by atoms with Crippen LogP contribution in [0.3, 0.4) is 0 Å². The van der Waals surface area contributed by atoms with Crippen LogP contribution >= 0.6 is 11.3 Å². The van der Waals surface area contributed by atoms with Gasteiger partial charge in [0.05, 0.1) is 19.8 Å². The number of benzene rings is 1. The highest BCUT2D eigenvalue weighted by Crippen LogP contribution is 2.25. The molecule has 0 atom stereocenters. The number of hydrogen-bond donors (Lipinski definition) is 2. The van der Waals surface area contributed by atoms with Crippen molar-refractivity contribution in [2.75, 3.05) is 26.1 Å². The van der Waals surface area contributed by atoms with Gasteiger partial charge in [-0.15, -0.1) is 11.3 Å². The van der Waals surface area contributed by atoms with E-state index in [4.69, 9.17) is 19.9 Å². The summed E-state index contributed by atoms with van der Waals surface area (Å²) in [5, 5.41) is 4.40. The fourth-order valence-electron chi connectivity index (χ4n) is 2.08. The van der Waals surface area contributed by atoms with Crippen molar-refractivity contribution in [1.29, 1.82) is 0 Å². The average molecular weight is 390 g/mol. The molecule has 8 nitrogen and oxygen atoms in total. The number of amides is 2. The first-order valence-electron chi connectivity index (χ1n) is 7.68.